The third kappa shape index (κ3) is 1.94. The molecule has 2 heterocycles. The second-order valence-corrected chi connectivity index (χ2v) is 5.65. The molecule has 1 amide bonds. The van der Waals surface area contributed by atoms with E-state index in [2.05, 4.69) is 9.97 Å². The molecule has 2 aromatic rings. The number of nitrogens with zero attached hydrogens (tertiary/aromatic N) is 3. The molecule has 104 valence electrons. The molecular formula is C15H17N3O2. The molecule has 1 aliphatic heterocycles. The molecule has 1 fully saturated rings. The van der Waals surface area contributed by atoms with Crippen molar-refractivity contribution in [2.45, 2.75) is 19.4 Å². The van der Waals surface area contributed by atoms with Crippen LogP contribution in [0.5, 0.6) is 0 Å². The van der Waals surface area contributed by atoms with Gasteiger partial charge in [0.25, 0.3) is 5.91 Å². The average Bonchev–Trinajstić information content (AvgIpc) is 2.42. The first-order valence-electron chi connectivity index (χ1n) is 6.73. The summed E-state index contributed by atoms with van der Waals surface area (Å²) in [7, 11) is 0. The molecule has 1 aromatic heterocycles. The van der Waals surface area contributed by atoms with E-state index in [0.717, 1.165) is 0 Å². The van der Waals surface area contributed by atoms with Crippen LogP contribution >= 0.6 is 0 Å². The van der Waals surface area contributed by atoms with Crippen LogP contribution in [0.2, 0.25) is 0 Å². The van der Waals surface area contributed by atoms with E-state index in [1.807, 2.05) is 19.9 Å². The minimum absolute atomic E-state index is 0.0959. The van der Waals surface area contributed by atoms with Crippen molar-refractivity contribution in [2.24, 2.45) is 5.92 Å². The van der Waals surface area contributed by atoms with Gasteiger partial charge in [-0.2, -0.15) is 0 Å². The third-order valence-corrected chi connectivity index (χ3v) is 4.02. The Morgan fingerprint density at radius 2 is 2.00 bits per heavy atom. The lowest BCUT2D eigenvalue weighted by atomic mass is 9.82. The SMILES string of the molecule is CC(C)C1(O)CN(C(=O)c2cccc3nccnc23)C1. The van der Waals surface area contributed by atoms with Gasteiger partial charge >= 0.3 is 0 Å². The van der Waals surface area contributed by atoms with Crippen LogP contribution in [0.1, 0.15) is 24.2 Å². The fourth-order valence-corrected chi connectivity index (χ4v) is 2.46. The minimum Gasteiger partial charge on any atom is -0.386 e. The molecule has 5 heteroatoms. The van der Waals surface area contributed by atoms with Crippen molar-refractivity contribution < 1.29 is 9.90 Å². The van der Waals surface area contributed by atoms with Gasteiger partial charge in [-0.3, -0.25) is 14.8 Å². The number of hydrogen-bond acceptors (Lipinski definition) is 4. The largest absolute Gasteiger partial charge is 0.386 e. The number of aromatic nitrogens is 2. The molecule has 0 saturated carbocycles. The van der Waals surface area contributed by atoms with Gasteiger partial charge in [-0.15, -0.1) is 0 Å². The van der Waals surface area contributed by atoms with Crippen LogP contribution in [0.4, 0.5) is 0 Å². The molecule has 0 unspecified atom stereocenters. The lowest BCUT2D eigenvalue weighted by Crippen LogP contribution is -2.65. The Morgan fingerprint density at radius 3 is 2.70 bits per heavy atom. The molecule has 1 aliphatic rings. The van der Waals surface area contributed by atoms with Crippen LogP contribution in [0.15, 0.2) is 30.6 Å². The van der Waals surface area contributed by atoms with Crippen molar-refractivity contribution >= 4 is 16.9 Å². The van der Waals surface area contributed by atoms with Gasteiger partial charge < -0.3 is 10.0 Å². The number of rotatable bonds is 2. The normalized spacial score (nSPS) is 17.3. The van der Waals surface area contributed by atoms with Crippen molar-refractivity contribution in [2.75, 3.05) is 13.1 Å². The minimum atomic E-state index is -0.758. The molecule has 0 bridgehead atoms. The highest BCUT2D eigenvalue weighted by Gasteiger charge is 2.46. The van der Waals surface area contributed by atoms with Gasteiger partial charge in [0.15, 0.2) is 0 Å². The molecule has 0 radical (unpaired) electrons. The second-order valence-electron chi connectivity index (χ2n) is 5.65. The molecule has 0 aliphatic carbocycles. The summed E-state index contributed by atoms with van der Waals surface area (Å²) in [4.78, 5) is 22.6. The Labute approximate surface area is 117 Å². The number of β-amino-alcohol motifs (C(OH)–C–C–N with tert-alkyl or cyclic N) is 1. The van der Waals surface area contributed by atoms with Crippen LogP contribution in [-0.2, 0) is 0 Å². The number of aliphatic hydroxyl groups is 1. The number of para-hydroxylation sites is 1. The summed E-state index contributed by atoms with van der Waals surface area (Å²) in [5, 5.41) is 10.2. The Morgan fingerprint density at radius 1 is 1.30 bits per heavy atom. The Balaban J connectivity index is 1.88. The first-order valence-corrected chi connectivity index (χ1v) is 6.73. The Kier molecular flexibility index (Phi) is 2.94. The van der Waals surface area contributed by atoms with Gasteiger partial charge in [0.05, 0.1) is 24.2 Å². The van der Waals surface area contributed by atoms with E-state index < -0.39 is 5.60 Å². The first-order chi connectivity index (χ1) is 9.51. The zero-order valence-electron chi connectivity index (χ0n) is 11.6. The topological polar surface area (TPSA) is 66.3 Å². The van der Waals surface area contributed by atoms with Crippen LogP contribution in [-0.4, -0.2) is 44.6 Å². The molecule has 3 rings (SSSR count). The van der Waals surface area contributed by atoms with E-state index in [9.17, 15) is 9.90 Å². The van der Waals surface area contributed by atoms with Crippen LogP contribution < -0.4 is 0 Å². The lowest BCUT2D eigenvalue weighted by Gasteiger charge is -2.49. The predicted molar refractivity (Wildman–Crippen MR) is 75.2 cm³/mol. The second kappa shape index (κ2) is 4.52. The number of likely N-dealkylation sites (tertiary alicyclic amines) is 1. The van der Waals surface area contributed by atoms with Gasteiger partial charge in [-0.25, -0.2) is 0 Å². The first kappa shape index (κ1) is 13.0. The number of carbonyl (C=O) groups is 1. The van der Waals surface area contributed by atoms with Gasteiger partial charge in [0.1, 0.15) is 11.1 Å². The number of fused-ring (bicyclic) bond motifs is 1. The monoisotopic (exact) mass is 271 g/mol. The molecular weight excluding hydrogens is 254 g/mol. The van der Waals surface area contributed by atoms with E-state index in [1.165, 1.54) is 0 Å². The summed E-state index contributed by atoms with van der Waals surface area (Å²) >= 11 is 0. The van der Waals surface area contributed by atoms with Gasteiger partial charge in [-0.05, 0) is 18.1 Å². The molecule has 20 heavy (non-hydrogen) atoms. The van der Waals surface area contributed by atoms with Crippen molar-refractivity contribution in [1.29, 1.82) is 0 Å². The fourth-order valence-electron chi connectivity index (χ4n) is 2.46. The smallest absolute Gasteiger partial charge is 0.256 e. The summed E-state index contributed by atoms with van der Waals surface area (Å²) in [6, 6.07) is 5.39. The quantitative estimate of drug-likeness (QED) is 0.898. The highest BCUT2D eigenvalue weighted by molar-refractivity contribution is 6.05. The number of benzene rings is 1. The van der Waals surface area contributed by atoms with E-state index in [-0.39, 0.29) is 11.8 Å². The van der Waals surface area contributed by atoms with E-state index in [1.54, 1.807) is 29.4 Å². The Hall–Kier alpha value is -2.01. The van der Waals surface area contributed by atoms with Crippen LogP contribution in [0.3, 0.4) is 0 Å². The average molecular weight is 271 g/mol. The molecule has 1 saturated heterocycles. The van der Waals surface area contributed by atoms with E-state index in [4.69, 9.17) is 0 Å². The maximum atomic E-state index is 12.5. The van der Waals surface area contributed by atoms with Gasteiger partial charge in [0, 0.05) is 12.4 Å². The molecule has 0 spiro atoms. The van der Waals surface area contributed by atoms with Crippen molar-refractivity contribution in [1.82, 2.24) is 14.9 Å². The summed E-state index contributed by atoms with van der Waals surface area (Å²) < 4.78 is 0. The van der Waals surface area contributed by atoms with Crippen LogP contribution in [0, 0.1) is 5.92 Å². The maximum absolute atomic E-state index is 12.5. The van der Waals surface area contributed by atoms with Gasteiger partial charge in [-0.1, -0.05) is 19.9 Å². The van der Waals surface area contributed by atoms with Crippen molar-refractivity contribution in [3.63, 3.8) is 0 Å². The zero-order valence-corrected chi connectivity index (χ0v) is 11.6. The van der Waals surface area contributed by atoms with Crippen LogP contribution in [0.25, 0.3) is 11.0 Å². The molecule has 5 nitrogen and oxygen atoms in total. The lowest BCUT2D eigenvalue weighted by molar-refractivity contribution is -0.110. The molecule has 0 atom stereocenters. The Bertz CT molecular complexity index is 658. The number of hydrogen-bond donors (Lipinski definition) is 1. The standard InChI is InChI=1S/C15H17N3O2/c1-10(2)15(20)8-18(9-15)14(19)11-4-3-5-12-13(11)17-7-6-16-12/h3-7,10,20H,8-9H2,1-2H3. The van der Waals surface area contributed by atoms with Gasteiger partial charge in [0.2, 0.25) is 0 Å². The number of carbonyl (C=O) groups excluding carboxylic acids is 1. The third-order valence-electron chi connectivity index (χ3n) is 4.02. The summed E-state index contributed by atoms with van der Waals surface area (Å²) in [6.07, 6.45) is 3.19. The summed E-state index contributed by atoms with van der Waals surface area (Å²) in [5.41, 5.74) is 1.10. The van der Waals surface area contributed by atoms with E-state index >= 15 is 0 Å². The number of amides is 1. The maximum Gasteiger partial charge on any atom is 0.256 e. The van der Waals surface area contributed by atoms with Crippen molar-refractivity contribution in [3.8, 4) is 0 Å². The summed E-state index contributed by atoms with van der Waals surface area (Å²) in [5.74, 6) is 0.0419. The fraction of sp³-hybridized carbons (Fsp3) is 0.400. The predicted octanol–water partition coefficient (Wildman–Crippen LogP) is 1.47. The molecule has 1 aromatic carbocycles. The zero-order chi connectivity index (χ0) is 14.3. The highest BCUT2D eigenvalue weighted by atomic mass is 16.3. The summed E-state index contributed by atoms with van der Waals surface area (Å²) in [6.45, 7) is 4.68. The van der Waals surface area contributed by atoms with E-state index in [0.29, 0.717) is 29.7 Å². The highest BCUT2D eigenvalue weighted by Crippen LogP contribution is 2.30. The van der Waals surface area contributed by atoms with Crippen molar-refractivity contribution in [3.05, 3.63) is 36.2 Å². The molecule has 1 N–H and O–H groups in total.